The molecule has 2 aromatic heterocycles. The minimum absolute atomic E-state index is 0.573. The van der Waals surface area contributed by atoms with Gasteiger partial charge >= 0.3 is 0 Å². The van der Waals surface area contributed by atoms with Crippen molar-refractivity contribution in [2.24, 2.45) is 7.05 Å². The van der Waals surface area contributed by atoms with Crippen LogP contribution in [0.3, 0.4) is 0 Å². The number of hydrogen-bond donors (Lipinski definition) is 1. The molecule has 0 aliphatic carbocycles. The van der Waals surface area contributed by atoms with Gasteiger partial charge in [-0.15, -0.1) is 11.3 Å². The molecular weight excluding hydrogens is 232 g/mol. The van der Waals surface area contributed by atoms with Crippen molar-refractivity contribution in [2.75, 3.05) is 5.32 Å². The van der Waals surface area contributed by atoms with Crippen molar-refractivity contribution in [1.82, 2.24) is 14.8 Å². The molecule has 0 bridgehead atoms. The van der Waals surface area contributed by atoms with Gasteiger partial charge in [0.15, 0.2) is 4.47 Å². The Morgan fingerprint density at radius 3 is 2.93 bits per heavy atom. The molecule has 80 valence electrons. The highest BCUT2D eigenvalue weighted by molar-refractivity contribution is 7.15. The number of hydrogen-bond acceptors (Lipinski definition) is 4. The molecule has 1 N–H and O–H groups in total. The van der Waals surface area contributed by atoms with E-state index in [1.165, 1.54) is 11.3 Å². The van der Waals surface area contributed by atoms with Crippen molar-refractivity contribution in [3.8, 4) is 0 Å². The summed E-state index contributed by atoms with van der Waals surface area (Å²) in [4.78, 5) is 5.07. The molecule has 4 nitrogen and oxygen atoms in total. The van der Waals surface area contributed by atoms with E-state index in [2.05, 4.69) is 15.4 Å². The van der Waals surface area contributed by atoms with E-state index in [1.54, 1.807) is 6.20 Å². The van der Waals surface area contributed by atoms with Crippen molar-refractivity contribution in [1.29, 1.82) is 0 Å². The Hall–Kier alpha value is -1.07. The summed E-state index contributed by atoms with van der Waals surface area (Å²) in [5.41, 5.74) is 1.12. The number of thiazole rings is 1. The van der Waals surface area contributed by atoms with Crippen molar-refractivity contribution in [3.05, 3.63) is 27.3 Å². The molecule has 0 saturated heterocycles. The summed E-state index contributed by atoms with van der Waals surface area (Å²) in [7, 11) is 1.92. The fourth-order valence-electron chi connectivity index (χ4n) is 1.19. The van der Waals surface area contributed by atoms with Crippen molar-refractivity contribution in [3.63, 3.8) is 0 Å². The van der Waals surface area contributed by atoms with Gasteiger partial charge in [-0.3, -0.25) is 4.68 Å². The average Bonchev–Trinajstić information content (AvgIpc) is 2.72. The molecule has 0 fully saturated rings. The highest BCUT2D eigenvalue weighted by atomic mass is 35.5. The summed E-state index contributed by atoms with van der Waals surface area (Å²) in [6.07, 6.45) is 1.77. The molecule has 2 rings (SSSR count). The lowest BCUT2D eigenvalue weighted by Gasteiger charge is -1.98. The minimum Gasteiger partial charge on any atom is -0.364 e. The number of aryl methyl sites for hydroxylation is 2. The first-order chi connectivity index (χ1) is 7.15. The highest BCUT2D eigenvalue weighted by Gasteiger charge is 2.02. The lowest BCUT2D eigenvalue weighted by Crippen LogP contribution is -1.99. The fourth-order valence-corrected chi connectivity index (χ4v) is 2.11. The summed E-state index contributed by atoms with van der Waals surface area (Å²) < 4.78 is 2.41. The van der Waals surface area contributed by atoms with E-state index in [1.807, 2.05) is 24.7 Å². The molecule has 2 aromatic rings. The molecule has 0 aliphatic rings. The topological polar surface area (TPSA) is 42.7 Å². The standard InChI is InChI=1S/C9H11ClN4S/c1-6-3-8(13-14(6)2)11-4-7-5-12-9(10)15-7/h3,5H,4H2,1-2H3,(H,11,13). The summed E-state index contributed by atoms with van der Waals surface area (Å²) >= 11 is 7.21. The van der Waals surface area contributed by atoms with E-state index in [4.69, 9.17) is 11.6 Å². The van der Waals surface area contributed by atoms with Gasteiger partial charge < -0.3 is 5.32 Å². The zero-order chi connectivity index (χ0) is 10.8. The van der Waals surface area contributed by atoms with Gasteiger partial charge in [0, 0.05) is 29.9 Å². The quantitative estimate of drug-likeness (QED) is 0.899. The van der Waals surface area contributed by atoms with E-state index in [9.17, 15) is 0 Å². The largest absolute Gasteiger partial charge is 0.364 e. The van der Waals surface area contributed by atoms with Crippen molar-refractivity contribution < 1.29 is 0 Å². The maximum absolute atomic E-state index is 5.73. The smallest absolute Gasteiger partial charge is 0.183 e. The first-order valence-electron chi connectivity index (χ1n) is 4.50. The third-order valence-electron chi connectivity index (χ3n) is 2.08. The van der Waals surface area contributed by atoms with E-state index < -0.39 is 0 Å². The van der Waals surface area contributed by atoms with Gasteiger partial charge in [-0.25, -0.2) is 4.98 Å². The maximum atomic E-state index is 5.73. The van der Waals surface area contributed by atoms with Crippen LogP contribution in [0, 0.1) is 6.92 Å². The highest BCUT2D eigenvalue weighted by Crippen LogP contribution is 2.18. The normalized spacial score (nSPS) is 10.6. The number of nitrogens with zero attached hydrogens (tertiary/aromatic N) is 3. The summed E-state index contributed by atoms with van der Waals surface area (Å²) in [5.74, 6) is 0.875. The Bertz CT molecular complexity index is 443. The van der Waals surface area contributed by atoms with E-state index in [0.717, 1.165) is 16.4 Å². The van der Waals surface area contributed by atoms with E-state index in [0.29, 0.717) is 11.0 Å². The summed E-state index contributed by atoms with van der Waals surface area (Å²) in [5, 5.41) is 7.50. The van der Waals surface area contributed by atoms with Crippen LogP contribution in [0.15, 0.2) is 12.3 Å². The Morgan fingerprint density at radius 1 is 1.60 bits per heavy atom. The maximum Gasteiger partial charge on any atom is 0.183 e. The van der Waals surface area contributed by atoms with Crippen molar-refractivity contribution in [2.45, 2.75) is 13.5 Å². The second-order valence-corrected chi connectivity index (χ2v) is 4.92. The predicted molar refractivity (Wildman–Crippen MR) is 62.4 cm³/mol. The van der Waals surface area contributed by atoms with Crippen LogP contribution in [0.1, 0.15) is 10.6 Å². The van der Waals surface area contributed by atoms with E-state index >= 15 is 0 Å². The van der Waals surface area contributed by atoms with Gasteiger partial charge in [0.1, 0.15) is 5.82 Å². The molecule has 0 aliphatic heterocycles. The van der Waals surface area contributed by atoms with Gasteiger partial charge in [-0.2, -0.15) is 5.10 Å². The van der Waals surface area contributed by atoms with Crippen LogP contribution < -0.4 is 5.32 Å². The first-order valence-corrected chi connectivity index (χ1v) is 5.69. The molecule has 0 saturated carbocycles. The van der Waals surface area contributed by atoms with Crippen LogP contribution >= 0.6 is 22.9 Å². The summed E-state index contributed by atoms with van der Waals surface area (Å²) in [6, 6.07) is 2.00. The average molecular weight is 243 g/mol. The van der Waals surface area contributed by atoms with E-state index in [-0.39, 0.29) is 0 Å². The van der Waals surface area contributed by atoms with Crippen LogP contribution in [0.2, 0.25) is 4.47 Å². The van der Waals surface area contributed by atoms with Crippen LogP contribution in [-0.4, -0.2) is 14.8 Å². The van der Waals surface area contributed by atoms with Gasteiger partial charge in [0.05, 0.1) is 6.54 Å². The van der Waals surface area contributed by atoms with Crippen molar-refractivity contribution >= 4 is 28.8 Å². The molecule has 15 heavy (non-hydrogen) atoms. The number of halogens is 1. The van der Waals surface area contributed by atoms with Gasteiger partial charge in [0.25, 0.3) is 0 Å². The first kappa shape index (κ1) is 10.4. The zero-order valence-corrected chi connectivity index (χ0v) is 10.1. The molecular formula is C9H11ClN4S. The number of rotatable bonds is 3. The molecule has 0 unspecified atom stereocenters. The molecule has 0 aromatic carbocycles. The van der Waals surface area contributed by atoms with Crippen LogP contribution in [0.4, 0.5) is 5.82 Å². The van der Waals surface area contributed by atoms with Gasteiger partial charge in [-0.1, -0.05) is 11.6 Å². The number of nitrogens with one attached hydrogen (secondary N) is 1. The third-order valence-corrected chi connectivity index (χ3v) is 3.20. The minimum atomic E-state index is 0.573. The molecule has 6 heteroatoms. The Kier molecular flexibility index (Phi) is 2.93. The lowest BCUT2D eigenvalue weighted by molar-refractivity contribution is 0.741. The Morgan fingerprint density at radius 2 is 2.40 bits per heavy atom. The van der Waals surface area contributed by atoms with Crippen LogP contribution in [-0.2, 0) is 13.6 Å². The second-order valence-electron chi connectivity index (χ2n) is 3.23. The molecule has 2 heterocycles. The van der Waals surface area contributed by atoms with Gasteiger partial charge in [0.2, 0.25) is 0 Å². The number of anilines is 1. The van der Waals surface area contributed by atoms with Crippen LogP contribution in [0.25, 0.3) is 0 Å². The summed E-state index contributed by atoms with van der Waals surface area (Å²) in [6.45, 7) is 2.72. The molecule has 0 spiro atoms. The predicted octanol–water partition coefficient (Wildman–Crippen LogP) is 2.45. The third kappa shape index (κ3) is 2.49. The SMILES string of the molecule is Cc1cc(NCc2cnc(Cl)s2)nn1C. The molecule has 0 atom stereocenters. The monoisotopic (exact) mass is 242 g/mol. The Balaban J connectivity index is 1.99. The lowest BCUT2D eigenvalue weighted by atomic mass is 10.4. The number of aromatic nitrogens is 3. The fraction of sp³-hybridized carbons (Fsp3) is 0.333. The molecule has 0 amide bonds. The second kappa shape index (κ2) is 4.20. The van der Waals surface area contributed by atoms with Crippen LogP contribution in [0.5, 0.6) is 0 Å². The zero-order valence-electron chi connectivity index (χ0n) is 8.49. The Labute approximate surface area is 96.9 Å². The van der Waals surface area contributed by atoms with Gasteiger partial charge in [-0.05, 0) is 6.92 Å². The molecule has 0 radical (unpaired) electrons.